The summed E-state index contributed by atoms with van der Waals surface area (Å²) in [7, 11) is 1.32. The van der Waals surface area contributed by atoms with Crippen molar-refractivity contribution < 1.29 is 25.9 Å². The van der Waals surface area contributed by atoms with E-state index in [2.05, 4.69) is 9.72 Å². The Bertz CT molecular complexity index is 471. The first-order valence-electron chi connectivity index (χ1n) is 5.75. The molecule has 0 aliphatic rings. The molecule has 1 heterocycles. The SMILES string of the molecule is COC(=O)C/C(N)=C(\C)OC(C)c1ccc([ClH+])nc1. The van der Waals surface area contributed by atoms with Crippen LogP contribution in [0.15, 0.2) is 29.8 Å². The summed E-state index contributed by atoms with van der Waals surface area (Å²) < 4.78 is 10.2. The van der Waals surface area contributed by atoms with Crippen molar-refractivity contribution in [3.63, 3.8) is 0 Å². The lowest BCUT2D eigenvalue weighted by Gasteiger charge is -2.16. The maximum absolute atomic E-state index is 11.1. The first kappa shape index (κ1) is 15.3. The molecule has 0 aromatic carbocycles. The van der Waals surface area contributed by atoms with Crippen LogP contribution in [0.5, 0.6) is 0 Å². The van der Waals surface area contributed by atoms with Crippen LogP contribution in [0.4, 0.5) is 0 Å². The van der Waals surface area contributed by atoms with E-state index in [1.54, 1.807) is 19.2 Å². The zero-order valence-electron chi connectivity index (χ0n) is 11.2. The van der Waals surface area contributed by atoms with Gasteiger partial charge in [0.2, 0.25) is 0 Å². The highest BCUT2D eigenvalue weighted by molar-refractivity contribution is 5.72. The molecular formula is C13H18ClN2O3+. The molecule has 1 aromatic heterocycles. The van der Waals surface area contributed by atoms with Crippen molar-refractivity contribution in [1.82, 2.24) is 4.98 Å². The third-order valence-electron chi connectivity index (χ3n) is 2.60. The Morgan fingerprint density at radius 3 is 2.74 bits per heavy atom. The molecule has 0 bridgehead atoms. The molecule has 104 valence electrons. The highest BCUT2D eigenvalue weighted by Crippen LogP contribution is 2.20. The molecule has 2 N–H and O–H groups in total. The molecule has 19 heavy (non-hydrogen) atoms. The van der Waals surface area contributed by atoms with E-state index in [0.717, 1.165) is 5.56 Å². The van der Waals surface area contributed by atoms with E-state index in [9.17, 15) is 4.79 Å². The molecule has 1 rings (SSSR count). The number of carbonyl (C=O) groups excluding carboxylic acids is 1. The maximum Gasteiger partial charge on any atom is 0.318 e. The zero-order valence-corrected chi connectivity index (χ0v) is 12.0. The van der Waals surface area contributed by atoms with Crippen molar-refractivity contribution in [1.29, 1.82) is 0 Å². The Morgan fingerprint density at radius 2 is 2.21 bits per heavy atom. The molecule has 0 radical (unpaired) electrons. The van der Waals surface area contributed by atoms with Crippen molar-refractivity contribution in [2.24, 2.45) is 5.73 Å². The fourth-order valence-corrected chi connectivity index (χ4v) is 1.51. The Labute approximate surface area is 117 Å². The molecule has 0 aliphatic heterocycles. The van der Waals surface area contributed by atoms with Gasteiger partial charge < -0.3 is 15.2 Å². The van der Waals surface area contributed by atoms with Crippen molar-refractivity contribution >= 4 is 5.97 Å². The molecule has 0 saturated carbocycles. The van der Waals surface area contributed by atoms with Gasteiger partial charge in [-0.25, -0.2) is 4.98 Å². The fraction of sp³-hybridized carbons (Fsp3) is 0.385. The van der Waals surface area contributed by atoms with E-state index in [1.807, 2.05) is 13.0 Å². The molecule has 0 spiro atoms. The normalized spacial score (nSPS) is 13.5. The maximum atomic E-state index is 11.1. The highest BCUT2D eigenvalue weighted by atomic mass is 35.5. The standard InChI is InChI=1S/C13H18ClN2O3/c1-8(10-4-5-12(14)16-7-10)19-9(2)11(15)6-13(17)18-3/h4-5,7-8,14H,6,15H2,1-3H3/q+1/b11-9-. The molecule has 6 heteroatoms. The topological polar surface area (TPSA) is 74.4 Å². The minimum atomic E-state index is -0.398. The lowest BCUT2D eigenvalue weighted by molar-refractivity contribution is -0.296. The molecular weight excluding hydrogens is 268 g/mol. The number of halogens is 1. The van der Waals surface area contributed by atoms with Gasteiger partial charge in [0.05, 0.1) is 19.2 Å². The van der Waals surface area contributed by atoms with E-state index in [-0.39, 0.29) is 12.5 Å². The van der Waals surface area contributed by atoms with Crippen LogP contribution in [-0.2, 0) is 14.3 Å². The van der Waals surface area contributed by atoms with Crippen molar-refractivity contribution in [2.75, 3.05) is 7.11 Å². The molecule has 5 nitrogen and oxygen atoms in total. The molecule has 0 amide bonds. The molecule has 0 fully saturated rings. The number of rotatable bonds is 5. The second kappa shape index (κ2) is 6.99. The Morgan fingerprint density at radius 1 is 1.53 bits per heavy atom. The third-order valence-corrected chi connectivity index (χ3v) is 2.84. The van der Waals surface area contributed by atoms with Gasteiger partial charge in [0, 0.05) is 17.8 Å². The van der Waals surface area contributed by atoms with Gasteiger partial charge in [0.1, 0.15) is 11.9 Å². The number of carbonyl (C=O) groups is 1. The third kappa shape index (κ3) is 4.79. The van der Waals surface area contributed by atoms with Crippen molar-refractivity contribution in [3.8, 4) is 0 Å². The zero-order chi connectivity index (χ0) is 14.4. The average Bonchev–Trinajstić information content (AvgIpc) is 2.38. The number of hydrogen-bond donors (Lipinski definition) is 1. The number of ether oxygens (including phenoxy) is 2. The minimum Gasteiger partial charge on any atom is -0.489 e. The van der Waals surface area contributed by atoms with E-state index < -0.39 is 5.97 Å². The largest absolute Gasteiger partial charge is 0.489 e. The number of pyridine rings is 1. The van der Waals surface area contributed by atoms with Gasteiger partial charge in [-0.2, -0.15) is 0 Å². The van der Waals surface area contributed by atoms with Crippen LogP contribution in [0.25, 0.3) is 0 Å². The van der Waals surface area contributed by atoms with Crippen LogP contribution in [-0.4, -0.2) is 18.1 Å². The summed E-state index contributed by atoms with van der Waals surface area (Å²) in [4.78, 5) is 15.1. The second-order valence-electron chi connectivity index (χ2n) is 4.02. The minimum absolute atomic E-state index is 0.0123. The Hall–Kier alpha value is -1.75. The van der Waals surface area contributed by atoms with Gasteiger partial charge in [-0.1, -0.05) is 0 Å². The molecule has 1 aromatic rings. The summed E-state index contributed by atoms with van der Waals surface area (Å²) in [5.41, 5.74) is 7.01. The second-order valence-corrected chi connectivity index (χ2v) is 4.44. The quantitative estimate of drug-likeness (QED) is 0.505. The predicted octanol–water partition coefficient (Wildman–Crippen LogP) is 1.61. The van der Waals surface area contributed by atoms with Gasteiger partial charge in [-0.15, -0.1) is 0 Å². The molecule has 0 saturated heterocycles. The van der Waals surface area contributed by atoms with Crippen LogP contribution >= 0.6 is 0 Å². The fourth-order valence-electron chi connectivity index (χ4n) is 1.39. The monoisotopic (exact) mass is 285 g/mol. The Balaban J connectivity index is 2.69. The summed E-state index contributed by atoms with van der Waals surface area (Å²) in [6, 6.07) is 3.59. The van der Waals surface area contributed by atoms with Crippen LogP contribution in [0.3, 0.4) is 0 Å². The van der Waals surface area contributed by atoms with Gasteiger partial charge in [0.15, 0.2) is 11.6 Å². The van der Waals surface area contributed by atoms with Crippen molar-refractivity contribution in [3.05, 3.63) is 40.5 Å². The van der Waals surface area contributed by atoms with E-state index >= 15 is 0 Å². The number of hydrogen-bond acceptors (Lipinski definition) is 5. The molecule has 1 atom stereocenters. The highest BCUT2D eigenvalue weighted by Gasteiger charge is 2.12. The summed E-state index contributed by atoms with van der Waals surface area (Å²) in [5, 5.41) is 0.536. The number of esters is 1. The average molecular weight is 286 g/mol. The van der Waals surface area contributed by atoms with Gasteiger partial charge in [0.25, 0.3) is 0 Å². The number of aromatic nitrogens is 1. The Kier molecular flexibility index (Phi) is 5.63. The van der Waals surface area contributed by atoms with Crippen LogP contribution in [0.2, 0.25) is 5.15 Å². The lowest BCUT2D eigenvalue weighted by atomic mass is 10.2. The van der Waals surface area contributed by atoms with E-state index in [0.29, 0.717) is 16.6 Å². The first-order chi connectivity index (χ1) is 8.93. The van der Waals surface area contributed by atoms with E-state index in [1.165, 1.54) is 7.11 Å². The van der Waals surface area contributed by atoms with Crippen molar-refractivity contribution in [2.45, 2.75) is 26.4 Å². The van der Waals surface area contributed by atoms with Gasteiger partial charge >= 0.3 is 11.1 Å². The van der Waals surface area contributed by atoms with E-state index in [4.69, 9.17) is 22.1 Å². The number of nitrogens with two attached hydrogens (primary N) is 1. The van der Waals surface area contributed by atoms with Crippen LogP contribution in [0, 0.1) is 11.6 Å². The number of nitrogens with zero attached hydrogens (tertiary/aromatic N) is 1. The van der Waals surface area contributed by atoms with Crippen LogP contribution in [0.1, 0.15) is 31.9 Å². The number of allylic oxidation sites excluding steroid dienone is 1. The summed E-state index contributed by atoms with van der Waals surface area (Å²) in [6.45, 7) is 3.58. The smallest absolute Gasteiger partial charge is 0.318 e. The molecule has 1 unspecified atom stereocenters. The first-order valence-corrected chi connectivity index (χ1v) is 6.16. The van der Waals surface area contributed by atoms with Crippen LogP contribution < -0.4 is 5.73 Å². The summed E-state index contributed by atoms with van der Waals surface area (Å²) >= 11 is 4.92. The van der Waals surface area contributed by atoms with Gasteiger partial charge in [-0.05, 0) is 19.9 Å². The number of methoxy groups -OCH3 is 1. The summed E-state index contributed by atoms with van der Waals surface area (Å²) in [6.07, 6.45) is 1.45. The molecule has 0 aliphatic carbocycles. The lowest BCUT2D eigenvalue weighted by Crippen LogP contribution is -2.12. The van der Waals surface area contributed by atoms with Gasteiger partial charge in [-0.3, -0.25) is 4.79 Å². The predicted molar refractivity (Wildman–Crippen MR) is 67.8 cm³/mol. The summed E-state index contributed by atoms with van der Waals surface area (Å²) in [5.74, 6) is 0.102.